The predicted molar refractivity (Wildman–Crippen MR) is 197 cm³/mol. The molecule has 4 atom stereocenters. The van der Waals surface area contributed by atoms with Crippen LogP contribution in [-0.4, -0.2) is 80.2 Å². The van der Waals surface area contributed by atoms with Crippen molar-refractivity contribution in [3.63, 3.8) is 0 Å². The van der Waals surface area contributed by atoms with Crippen LogP contribution in [-0.2, 0) is 14.3 Å². The van der Waals surface area contributed by atoms with Gasteiger partial charge in [-0.2, -0.15) is 0 Å². The Bertz CT molecular complexity index is 1050. The number of carboxylic acid groups (broad SMARTS) is 1. The summed E-state index contributed by atoms with van der Waals surface area (Å²) < 4.78 is 5.28. The van der Waals surface area contributed by atoms with Crippen LogP contribution in [0.4, 0.5) is 0 Å². The van der Waals surface area contributed by atoms with Gasteiger partial charge in [0.05, 0.1) is 31.0 Å². The number of carbonyl (C=O) groups is 2. The highest BCUT2D eigenvalue weighted by Gasteiger charge is 2.05. The number of allylic oxidation sites excluding steroid dienone is 10. The molecule has 0 aromatic heterocycles. The largest absolute Gasteiger partial charge is 0.481 e. The summed E-state index contributed by atoms with van der Waals surface area (Å²) in [5.74, 6) is -1.12. The number of aliphatic hydroxyl groups is 5. The fraction of sp³-hybridized carbons (Fsp3) is 0.550. The molecule has 0 aromatic rings. The third kappa shape index (κ3) is 35.8. The lowest BCUT2D eigenvalue weighted by molar-refractivity contribution is -0.144. The fourth-order valence-corrected chi connectivity index (χ4v) is 4.35. The summed E-state index contributed by atoms with van der Waals surface area (Å²) in [4.78, 5) is 22.4. The van der Waals surface area contributed by atoms with Crippen molar-refractivity contribution in [2.24, 2.45) is 0 Å². The number of aliphatic carboxylic acids is 1. The van der Waals surface area contributed by atoms with Gasteiger partial charge in [-0.1, -0.05) is 104 Å². The summed E-state index contributed by atoms with van der Waals surface area (Å²) in [5, 5.41) is 57.1. The molecule has 276 valence electrons. The first-order chi connectivity index (χ1) is 23.7. The maximum absolute atomic E-state index is 11.9. The molecule has 0 bridgehead atoms. The van der Waals surface area contributed by atoms with E-state index in [4.69, 9.17) is 14.9 Å². The predicted octanol–water partition coefficient (Wildman–Crippen LogP) is 6.74. The molecule has 0 amide bonds. The summed E-state index contributed by atoms with van der Waals surface area (Å²) in [6.45, 7) is 0.623. The van der Waals surface area contributed by atoms with Crippen LogP contribution in [0.1, 0.15) is 103 Å². The molecule has 0 radical (unpaired) electrons. The first-order valence-electron chi connectivity index (χ1n) is 17.8. The van der Waals surface area contributed by atoms with E-state index >= 15 is 0 Å². The summed E-state index contributed by atoms with van der Waals surface area (Å²) in [5.41, 5.74) is 0. The summed E-state index contributed by atoms with van der Waals surface area (Å²) in [7, 11) is 0. The van der Waals surface area contributed by atoms with Crippen molar-refractivity contribution in [3.05, 3.63) is 97.2 Å². The van der Waals surface area contributed by atoms with E-state index in [2.05, 4.69) is 6.08 Å². The maximum atomic E-state index is 11.9. The van der Waals surface area contributed by atoms with Crippen LogP contribution >= 0.6 is 0 Å². The summed E-state index contributed by atoms with van der Waals surface area (Å²) >= 11 is 0. The van der Waals surface area contributed by atoms with E-state index in [1.165, 1.54) is 0 Å². The van der Waals surface area contributed by atoms with Crippen molar-refractivity contribution in [3.8, 4) is 0 Å². The smallest absolute Gasteiger partial charge is 0.305 e. The summed E-state index contributed by atoms with van der Waals surface area (Å²) in [6.07, 6.45) is 36.8. The van der Waals surface area contributed by atoms with Crippen LogP contribution in [0.2, 0.25) is 0 Å². The Labute approximate surface area is 294 Å². The highest BCUT2D eigenvalue weighted by Crippen LogP contribution is 2.07. The number of rotatable bonds is 31. The molecule has 0 heterocycles. The maximum Gasteiger partial charge on any atom is 0.305 e. The standard InChI is InChI=1S/C40H62O9/c41-33-19-11-3-1-5-13-23-35(42)25-16-8-10-18-28-38(45)30-22-32-40(48)49-34-20-12-4-2-6-14-24-36(43)26-15-7-9-17-27-37(44)29-21-31-39(46)47/h5-10,13-18,25-28,35-38,41-45H,1-4,11-12,19-24,29-34H2,(H,46,47)/b9-7+,10-8?,13-5?,14-6-,25-16?,26-15+,27-17-,28-18?/t35?,36-,37-,38?/m1/s1. The normalized spacial score (nSPS) is 15.4. The number of ether oxygens (including phenoxy) is 1. The Kier molecular flexibility index (Phi) is 32.2. The third-order valence-electron chi connectivity index (χ3n) is 7.17. The molecule has 0 saturated carbocycles. The van der Waals surface area contributed by atoms with Crippen molar-refractivity contribution < 1.29 is 45.0 Å². The van der Waals surface area contributed by atoms with Gasteiger partial charge in [0.2, 0.25) is 0 Å². The monoisotopic (exact) mass is 686 g/mol. The molecule has 49 heavy (non-hydrogen) atoms. The second-order valence-electron chi connectivity index (χ2n) is 11.8. The molecule has 0 saturated heterocycles. The van der Waals surface area contributed by atoms with Gasteiger partial charge in [0, 0.05) is 19.4 Å². The zero-order valence-electron chi connectivity index (χ0n) is 29.2. The van der Waals surface area contributed by atoms with Crippen LogP contribution in [0.5, 0.6) is 0 Å². The van der Waals surface area contributed by atoms with E-state index in [0.29, 0.717) is 45.1 Å². The van der Waals surface area contributed by atoms with Crippen LogP contribution in [0.25, 0.3) is 0 Å². The van der Waals surface area contributed by atoms with Gasteiger partial charge < -0.3 is 35.4 Å². The molecule has 9 heteroatoms. The summed E-state index contributed by atoms with van der Waals surface area (Å²) in [6, 6.07) is 0. The van der Waals surface area contributed by atoms with Crippen molar-refractivity contribution in [2.75, 3.05) is 13.2 Å². The van der Waals surface area contributed by atoms with E-state index in [0.717, 1.165) is 51.4 Å². The molecule has 0 spiro atoms. The first-order valence-corrected chi connectivity index (χ1v) is 17.8. The molecule has 0 aliphatic rings. The highest BCUT2D eigenvalue weighted by molar-refractivity contribution is 5.69. The van der Waals surface area contributed by atoms with Gasteiger partial charge in [-0.15, -0.1) is 0 Å². The Morgan fingerprint density at radius 3 is 1.43 bits per heavy atom. The van der Waals surface area contributed by atoms with Crippen LogP contribution in [0.3, 0.4) is 0 Å². The minimum absolute atomic E-state index is 0.0448. The Hall–Kier alpha value is -3.34. The minimum Gasteiger partial charge on any atom is -0.481 e. The van der Waals surface area contributed by atoms with Crippen LogP contribution < -0.4 is 0 Å². The number of carbonyl (C=O) groups excluding carboxylic acids is 1. The van der Waals surface area contributed by atoms with Gasteiger partial charge in [0.1, 0.15) is 0 Å². The highest BCUT2D eigenvalue weighted by atomic mass is 16.5. The van der Waals surface area contributed by atoms with Gasteiger partial charge in [0.25, 0.3) is 0 Å². The van der Waals surface area contributed by atoms with Crippen molar-refractivity contribution >= 4 is 11.9 Å². The average Bonchev–Trinajstić information content (AvgIpc) is 3.06. The van der Waals surface area contributed by atoms with Gasteiger partial charge in [-0.05, 0) is 83.5 Å². The molecule has 0 aliphatic heterocycles. The van der Waals surface area contributed by atoms with Gasteiger partial charge in [0.15, 0.2) is 0 Å². The van der Waals surface area contributed by atoms with Crippen molar-refractivity contribution in [1.29, 1.82) is 0 Å². The van der Waals surface area contributed by atoms with Gasteiger partial charge >= 0.3 is 11.9 Å². The fourth-order valence-electron chi connectivity index (χ4n) is 4.35. The molecular weight excluding hydrogens is 624 g/mol. The molecule has 0 aliphatic carbocycles. The first kappa shape index (κ1) is 45.7. The average molecular weight is 687 g/mol. The lowest BCUT2D eigenvalue weighted by Gasteiger charge is -2.06. The van der Waals surface area contributed by atoms with E-state index in [1.807, 2.05) is 18.2 Å². The van der Waals surface area contributed by atoms with Crippen molar-refractivity contribution in [2.45, 2.75) is 127 Å². The number of hydrogen-bond donors (Lipinski definition) is 6. The number of unbranched alkanes of at least 4 members (excludes halogenated alkanes) is 6. The van der Waals surface area contributed by atoms with E-state index in [9.17, 15) is 30.0 Å². The Morgan fingerprint density at radius 2 is 0.959 bits per heavy atom. The molecule has 0 aromatic carbocycles. The number of esters is 1. The zero-order chi connectivity index (χ0) is 36.2. The van der Waals surface area contributed by atoms with Crippen LogP contribution in [0.15, 0.2) is 97.2 Å². The van der Waals surface area contributed by atoms with Crippen LogP contribution in [0, 0.1) is 0 Å². The van der Waals surface area contributed by atoms with Gasteiger partial charge in [-0.3, -0.25) is 9.59 Å². The molecule has 6 N–H and O–H groups in total. The zero-order valence-corrected chi connectivity index (χ0v) is 29.2. The van der Waals surface area contributed by atoms with Gasteiger partial charge in [-0.25, -0.2) is 0 Å². The van der Waals surface area contributed by atoms with E-state index in [1.54, 1.807) is 72.9 Å². The quantitative estimate of drug-likeness (QED) is 0.0201. The van der Waals surface area contributed by atoms with Crippen molar-refractivity contribution in [1.82, 2.24) is 0 Å². The molecule has 0 fully saturated rings. The Morgan fingerprint density at radius 1 is 0.510 bits per heavy atom. The Balaban J connectivity index is 3.81. The lowest BCUT2D eigenvalue weighted by Crippen LogP contribution is -2.08. The second-order valence-corrected chi connectivity index (χ2v) is 11.8. The number of hydrogen-bond acceptors (Lipinski definition) is 8. The topological polar surface area (TPSA) is 165 Å². The second kappa shape index (κ2) is 34.5. The number of aliphatic hydroxyl groups excluding tert-OH is 5. The number of carboxylic acids is 1. The van der Waals surface area contributed by atoms with E-state index < -0.39 is 30.4 Å². The molecule has 2 unspecified atom stereocenters. The lowest BCUT2D eigenvalue weighted by atomic mass is 10.1. The molecular formula is C40H62O9. The SMILES string of the molecule is O=C(O)CCC[C@H](O)\C=C/C=C/C=C/[C@H](O)C/C=C\CCCCCOC(=O)CCCC(O)C=CC=CC=CC(O)CC=CCCCCCO. The minimum atomic E-state index is -0.868. The third-order valence-corrected chi connectivity index (χ3v) is 7.17. The molecule has 9 nitrogen and oxygen atoms in total. The molecule has 0 rings (SSSR count). The van der Waals surface area contributed by atoms with E-state index in [-0.39, 0.29) is 25.4 Å².